The number of methoxy groups -OCH3 is 1. The Bertz CT molecular complexity index is 555. The van der Waals surface area contributed by atoms with Gasteiger partial charge in [0.2, 0.25) is 0 Å². The molecule has 4 heteroatoms. The van der Waals surface area contributed by atoms with E-state index in [0.717, 1.165) is 16.8 Å². The van der Waals surface area contributed by atoms with Gasteiger partial charge in [-0.05, 0) is 23.8 Å². The van der Waals surface area contributed by atoms with Crippen LogP contribution < -0.4 is 5.32 Å². The summed E-state index contributed by atoms with van der Waals surface area (Å²) in [7, 11) is 1.66. The number of phenols is 2. The van der Waals surface area contributed by atoms with Crippen LogP contribution in [-0.4, -0.2) is 17.3 Å². The average molecular weight is 259 g/mol. The van der Waals surface area contributed by atoms with Gasteiger partial charge < -0.3 is 20.3 Å². The van der Waals surface area contributed by atoms with Crippen molar-refractivity contribution in [3.05, 3.63) is 53.6 Å². The minimum atomic E-state index is -0.108. The molecule has 0 aliphatic rings. The van der Waals surface area contributed by atoms with E-state index in [1.807, 2.05) is 24.3 Å². The highest BCUT2D eigenvalue weighted by molar-refractivity contribution is 5.51. The Hall–Kier alpha value is -2.20. The quantitative estimate of drug-likeness (QED) is 0.722. The van der Waals surface area contributed by atoms with Crippen LogP contribution in [0.15, 0.2) is 42.5 Å². The second-order valence-corrected chi connectivity index (χ2v) is 4.27. The monoisotopic (exact) mass is 259 g/mol. The molecular weight excluding hydrogens is 242 g/mol. The number of aromatic hydroxyl groups is 2. The summed E-state index contributed by atoms with van der Waals surface area (Å²) in [6.45, 7) is 1.11. The highest BCUT2D eigenvalue weighted by Gasteiger charge is 2.03. The fourth-order valence-corrected chi connectivity index (χ4v) is 1.85. The van der Waals surface area contributed by atoms with E-state index in [0.29, 0.717) is 13.2 Å². The number of phenolic OH excluding ortho intramolecular Hbond substituents is 2. The molecule has 0 spiro atoms. The van der Waals surface area contributed by atoms with Gasteiger partial charge in [-0.2, -0.15) is 0 Å². The van der Waals surface area contributed by atoms with E-state index in [-0.39, 0.29) is 11.5 Å². The Morgan fingerprint density at radius 2 is 1.84 bits per heavy atom. The molecule has 100 valence electrons. The van der Waals surface area contributed by atoms with Crippen LogP contribution in [0.25, 0.3) is 0 Å². The van der Waals surface area contributed by atoms with Gasteiger partial charge in [0, 0.05) is 24.9 Å². The summed E-state index contributed by atoms with van der Waals surface area (Å²) in [6.07, 6.45) is 0. The summed E-state index contributed by atoms with van der Waals surface area (Å²) >= 11 is 0. The standard InChI is InChI=1S/C15H17NO3/c1-19-10-12-4-2-3-5-13(12)16-9-11-6-7-14(17)15(18)8-11/h2-8,16-18H,9-10H2,1H3. The molecule has 0 amide bonds. The molecule has 0 saturated heterocycles. The molecule has 0 aliphatic heterocycles. The third kappa shape index (κ3) is 3.39. The molecule has 0 unspecified atom stereocenters. The molecule has 0 aromatic heterocycles. The van der Waals surface area contributed by atoms with Crippen LogP contribution in [-0.2, 0) is 17.9 Å². The average Bonchev–Trinajstić information content (AvgIpc) is 2.42. The lowest BCUT2D eigenvalue weighted by molar-refractivity contribution is 0.185. The van der Waals surface area contributed by atoms with E-state index in [1.54, 1.807) is 19.2 Å². The van der Waals surface area contributed by atoms with E-state index in [4.69, 9.17) is 4.74 Å². The minimum absolute atomic E-state index is 0.107. The minimum Gasteiger partial charge on any atom is -0.504 e. The number of benzene rings is 2. The number of rotatable bonds is 5. The van der Waals surface area contributed by atoms with Crippen molar-refractivity contribution in [2.24, 2.45) is 0 Å². The van der Waals surface area contributed by atoms with Crippen molar-refractivity contribution >= 4 is 5.69 Å². The smallest absolute Gasteiger partial charge is 0.157 e. The third-order valence-corrected chi connectivity index (χ3v) is 2.84. The first-order chi connectivity index (χ1) is 9.20. The van der Waals surface area contributed by atoms with Gasteiger partial charge in [-0.3, -0.25) is 0 Å². The van der Waals surface area contributed by atoms with Crippen molar-refractivity contribution in [2.45, 2.75) is 13.2 Å². The number of ether oxygens (including phenoxy) is 1. The lowest BCUT2D eigenvalue weighted by Crippen LogP contribution is -2.02. The first kappa shape index (κ1) is 13.2. The van der Waals surface area contributed by atoms with Crippen LogP contribution in [0.4, 0.5) is 5.69 Å². The molecule has 2 aromatic carbocycles. The zero-order valence-electron chi connectivity index (χ0n) is 10.8. The molecule has 0 fully saturated rings. The van der Waals surface area contributed by atoms with Crippen LogP contribution in [0, 0.1) is 0 Å². The molecule has 2 aromatic rings. The summed E-state index contributed by atoms with van der Waals surface area (Å²) in [5.74, 6) is -0.215. The predicted octanol–water partition coefficient (Wildman–Crippen LogP) is 2.86. The Morgan fingerprint density at radius 1 is 1.05 bits per heavy atom. The van der Waals surface area contributed by atoms with Crippen LogP contribution in [0.2, 0.25) is 0 Å². The maximum absolute atomic E-state index is 9.44. The summed E-state index contributed by atoms with van der Waals surface area (Å²) in [6, 6.07) is 12.7. The topological polar surface area (TPSA) is 61.7 Å². The summed E-state index contributed by atoms with van der Waals surface area (Å²) < 4.78 is 5.14. The lowest BCUT2D eigenvalue weighted by Gasteiger charge is -2.12. The second-order valence-electron chi connectivity index (χ2n) is 4.27. The number of hydrogen-bond donors (Lipinski definition) is 3. The zero-order valence-corrected chi connectivity index (χ0v) is 10.8. The van der Waals surface area contributed by atoms with Crippen molar-refractivity contribution in [1.82, 2.24) is 0 Å². The van der Waals surface area contributed by atoms with Gasteiger partial charge in [0.15, 0.2) is 11.5 Å². The van der Waals surface area contributed by atoms with E-state index < -0.39 is 0 Å². The van der Waals surface area contributed by atoms with Crippen LogP contribution in [0.1, 0.15) is 11.1 Å². The Labute approximate surface area is 112 Å². The van der Waals surface area contributed by atoms with Crippen molar-refractivity contribution < 1.29 is 14.9 Å². The maximum Gasteiger partial charge on any atom is 0.157 e. The molecule has 0 saturated carbocycles. The summed E-state index contributed by atoms with van der Waals surface area (Å²) in [4.78, 5) is 0. The van der Waals surface area contributed by atoms with Gasteiger partial charge >= 0.3 is 0 Å². The third-order valence-electron chi connectivity index (χ3n) is 2.84. The number of para-hydroxylation sites is 1. The Balaban J connectivity index is 2.07. The molecule has 0 radical (unpaired) electrons. The normalized spacial score (nSPS) is 10.4. The summed E-state index contributed by atoms with van der Waals surface area (Å²) in [5.41, 5.74) is 2.97. The predicted molar refractivity (Wildman–Crippen MR) is 74.3 cm³/mol. The molecule has 0 aliphatic carbocycles. The SMILES string of the molecule is COCc1ccccc1NCc1ccc(O)c(O)c1. The highest BCUT2D eigenvalue weighted by atomic mass is 16.5. The van der Waals surface area contributed by atoms with Gasteiger partial charge in [0.05, 0.1) is 6.61 Å². The van der Waals surface area contributed by atoms with Crippen molar-refractivity contribution in [3.8, 4) is 11.5 Å². The van der Waals surface area contributed by atoms with Crippen molar-refractivity contribution in [1.29, 1.82) is 0 Å². The molecule has 4 nitrogen and oxygen atoms in total. The molecule has 2 rings (SSSR count). The molecule has 0 atom stereocenters. The fraction of sp³-hybridized carbons (Fsp3) is 0.200. The molecule has 0 bridgehead atoms. The van der Waals surface area contributed by atoms with Crippen LogP contribution >= 0.6 is 0 Å². The van der Waals surface area contributed by atoms with Gasteiger partial charge in [-0.1, -0.05) is 24.3 Å². The molecule has 3 N–H and O–H groups in total. The fourth-order valence-electron chi connectivity index (χ4n) is 1.85. The first-order valence-corrected chi connectivity index (χ1v) is 6.02. The van der Waals surface area contributed by atoms with E-state index in [1.165, 1.54) is 6.07 Å². The number of nitrogens with one attached hydrogen (secondary N) is 1. The Morgan fingerprint density at radius 3 is 2.58 bits per heavy atom. The van der Waals surface area contributed by atoms with Crippen LogP contribution in [0.3, 0.4) is 0 Å². The molecule has 19 heavy (non-hydrogen) atoms. The molecule has 0 heterocycles. The van der Waals surface area contributed by atoms with Gasteiger partial charge in [0.25, 0.3) is 0 Å². The summed E-state index contributed by atoms with van der Waals surface area (Å²) in [5, 5.41) is 22.0. The zero-order chi connectivity index (χ0) is 13.7. The Kier molecular flexibility index (Phi) is 4.26. The van der Waals surface area contributed by atoms with Crippen LogP contribution in [0.5, 0.6) is 11.5 Å². The highest BCUT2D eigenvalue weighted by Crippen LogP contribution is 2.25. The molecular formula is C15H17NO3. The second kappa shape index (κ2) is 6.11. The number of hydrogen-bond acceptors (Lipinski definition) is 4. The number of anilines is 1. The van der Waals surface area contributed by atoms with Crippen molar-refractivity contribution in [2.75, 3.05) is 12.4 Å². The van der Waals surface area contributed by atoms with E-state index in [2.05, 4.69) is 5.32 Å². The largest absolute Gasteiger partial charge is 0.504 e. The van der Waals surface area contributed by atoms with E-state index >= 15 is 0 Å². The van der Waals surface area contributed by atoms with Gasteiger partial charge in [0.1, 0.15) is 0 Å². The lowest BCUT2D eigenvalue weighted by atomic mass is 10.1. The van der Waals surface area contributed by atoms with Crippen molar-refractivity contribution in [3.63, 3.8) is 0 Å². The van der Waals surface area contributed by atoms with Gasteiger partial charge in [-0.15, -0.1) is 0 Å². The van der Waals surface area contributed by atoms with Gasteiger partial charge in [-0.25, -0.2) is 0 Å². The maximum atomic E-state index is 9.44. The first-order valence-electron chi connectivity index (χ1n) is 6.02. The van der Waals surface area contributed by atoms with E-state index in [9.17, 15) is 10.2 Å².